The van der Waals surface area contributed by atoms with Crippen LogP contribution in [0.25, 0.3) is 0 Å². The molecular formula is C14H14ClNO. The van der Waals surface area contributed by atoms with Gasteiger partial charge in [0.05, 0.1) is 0 Å². The Bertz CT molecular complexity index is 485. The summed E-state index contributed by atoms with van der Waals surface area (Å²) < 4.78 is 5.73. The fourth-order valence-electron chi connectivity index (χ4n) is 1.57. The van der Waals surface area contributed by atoms with E-state index >= 15 is 0 Å². The first-order valence-corrected chi connectivity index (χ1v) is 5.82. The number of rotatable bonds is 4. The summed E-state index contributed by atoms with van der Waals surface area (Å²) in [4.78, 5) is 0. The molecule has 0 aliphatic rings. The molecule has 2 N–H and O–H groups in total. The van der Waals surface area contributed by atoms with Crippen LogP contribution >= 0.6 is 11.6 Å². The van der Waals surface area contributed by atoms with Gasteiger partial charge in [0, 0.05) is 17.1 Å². The van der Waals surface area contributed by atoms with Gasteiger partial charge in [0.2, 0.25) is 0 Å². The van der Waals surface area contributed by atoms with E-state index < -0.39 is 0 Å². The van der Waals surface area contributed by atoms with E-state index in [1.165, 1.54) is 0 Å². The van der Waals surface area contributed by atoms with Gasteiger partial charge in [-0.3, -0.25) is 0 Å². The summed E-state index contributed by atoms with van der Waals surface area (Å²) in [7, 11) is 0. The summed E-state index contributed by atoms with van der Waals surface area (Å²) in [6.07, 6.45) is 0. The maximum Gasteiger partial charge on any atom is 0.125 e. The molecule has 2 aromatic carbocycles. The first-order chi connectivity index (χ1) is 8.29. The molecule has 0 aliphatic heterocycles. The van der Waals surface area contributed by atoms with E-state index in [1.54, 1.807) is 6.07 Å². The maximum atomic E-state index is 5.93. The zero-order valence-corrected chi connectivity index (χ0v) is 10.2. The van der Waals surface area contributed by atoms with Gasteiger partial charge in [0.25, 0.3) is 0 Å². The third-order valence-corrected chi connectivity index (χ3v) is 2.72. The van der Waals surface area contributed by atoms with Crippen LogP contribution in [0.5, 0.6) is 5.75 Å². The minimum atomic E-state index is 0.446. The molecule has 0 amide bonds. The Balaban J connectivity index is 2.11. The molecule has 2 aromatic rings. The van der Waals surface area contributed by atoms with E-state index in [9.17, 15) is 0 Å². The Morgan fingerprint density at radius 2 is 1.82 bits per heavy atom. The van der Waals surface area contributed by atoms with Crippen molar-refractivity contribution in [2.75, 3.05) is 0 Å². The fraction of sp³-hybridized carbons (Fsp3) is 0.143. The summed E-state index contributed by atoms with van der Waals surface area (Å²) in [6.45, 7) is 0.968. The average molecular weight is 248 g/mol. The van der Waals surface area contributed by atoms with E-state index in [1.807, 2.05) is 42.5 Å². The predicted molar refractivity (Wildman–Crippen MR) is 70.1 cm³/mol. The van der Waals surface area contributed by atoms with Crippen molar-refractivity contribution in [3.63, 3.8) is 0 Å². The van der Waals surface area contributed by atoms with Gasteiger partial charge in [-0.15, -0.1) is 0 Å². The lowest BCUT2D eigenvalue weighted by atomic mass is 10.2. The molecule has 0 spiro atoms. The van der Waals surface area contributed by atoms with E-state index in [0.717, 1.165) is 16.9 Å². The van der Waals surface area contributed by atoms with Crippen LogP contribution in [0.3, 0.4) is 0 Å². The molecule has 0 aliphatic carbocycles. The van der Waals surface area contributed by atoms with E-state index in [0.29, 0.717) is 18.2 Å². The Morgan fingerprint density at radius 1 is 1.06 bits per heavy atom. The highest BCUT2D eigenvalue weighted by Gasteiger charge is 2.03. The monoisotopic (exact) mass is 247 g/mol. The summed E-state index contributed by atoms with van der Waals surface area (Å²) in [6, 6.07) is 15.5. The average Bonchev–Trinajstić information content (AvgIpc) is 2.38. The lowest BCUT2D eigenvalue weighted by molar-refractivity contribution is 0.303. The second-order valence-corrected chi connectivity index (χ2v) is 4.17. The molecular weight excluding hydrogens is 234 g/mol. The van der Waals surface area contributed by atoms with E-state index in [4.69, 9.17) is 22.1 Å². The summed E-state index contributed by atoms with van der Waals surface area (Å²) >= 11 is 5.93. The van der Waals surface area contributed by atoms with E-state index in [-0.39, 0.29) is 0 Å². The molecule has 2 nitrogen and oxygen atoms in total. The van der Waals surface area contributed by atoms with Gasteiger partial charge in [-0.2, -0.15) is 0 Å². The Morgan fingerprint density at radius 3 is 2.53 bits per heavy atom. The third-order valence-electron chi connectivity index (χ3n) is 2.49. The highest BCUT2D eigenvalue weighted by atomic mass is 35.5. The molecule has 0 aromatic heterocycles. The number of hydrogen-bond donors (Lipinski definition) is 1. The van der Waals surface area contributed by atoms with Gasteiger partial charge in [-0.1, -0.05) is 48.0 Å². The van der Waals surface area contributed by atoms with Crippen LogP contribution in [-0.4, -0.2) is 0 Å². The number of benzene rings is 2. The van der Waals surface area contributed by atoms with E-state index in [2.05, 4.69) is 0 Å². The summed E-state index contributed by atoms with van der Waals surface area (Å²) in [5, 5.41) is 0.658. The molecule has 0 atom stereocenters. The standard InChI is InChI=1S/C14H14ClNO/c15-13-7-6-12(9-16)14(8-13)17-10-11-4-2-1-3-5-11/h1-8H,9-10,16H2. The predicted octanol–water partition coefficient (Wildman–Crippen LogP) is 3.38. The number of ether oxygens (including phenoxy) is 1. The molecule has 17 heavy (non-hydrogen) atoms. The number of hydrogen-bond acceptors (Lipinski definition) is 2. The van der Waals surface area contributed by atoms with Crippen molar-refractivity contribution >= 4 is 11.6 Å². The van der Waals surface area contributed by atoms with Gasteiger partial charge in [-0.25, -0.2) is 0 Å². The molecule has 0 radical (unpaired) electrons. The lowest BCUT2D eigenvalue weighted by Gasteiger charge is -2.10. The van der Waals surface area contributed by atoms with Crippen LogP contribution in [0, 0.1) is 0 Å². The van der Waals surface area contributed by atoms with Gasteiger partial charge in [0.1, 0.15) is 12.4 Å². The Hall–Kier alpha value is -1.51. The normalized spacial score (nSPS) is 10.2. The molecule has 0 unspecified atom stereocenters. The summed E-state index contributed by atoms with van der Waals surface area (Å²) in [5.74, 6) is 0.754. The topological polar surface area (TPSA) is 35.2 Å². The van der Waals surface area contributed by atoms with Crippen molar-refractivity contribution in [2.24, 2.45) is 5.73 Å². The van der Waals surface area contributed by atoms with Crippen LogP contribution < -0.4 is 10.5 Å². The van der Waals surface area contributed by atoms with Crippen LogP contribution in [-0.2, 0) is 13.2 Å². The Labute approximate surface area is 106 Å². The third kappa shape index (κ3) is 3.22. The van der Waals surface area contributed by atoms with Crippen LogP contribution in [0.4, 0.5) is 0 Å². The van der Waals surface area contributed by atoms with Crippen molar-refractivity contribution in [2.45, 2.75) is 13.2 Å². The minimum absolute atomic E-state index is 0.446. The molecule has 3 heteroatoms. The lowest BCUT2D eigenvalue weighted by Crippen LogP contribution is -2.02. The molecule has 0 saturated heterocycles. The number of halogens is 1. The maximum absolute atomic E-state index is 5.93. The first kappa shape index (κ1) is 12.0. The second kappa shape index (κ2) is 5.71. The SMILES string of the molecule is NCc1ccc(Cl)cc1OCc1ccccc1. The van der Waals surface area contributed by atoms with Crippen LogP contribution in [0.1, 0.15) is 11.1 Å². The molecule has 88 valence electrons. The molecule has 0 fully saturated rings. The van der Waals surface area contributed by atoms with Crippen molar-refractivity contribution in [1.82, 2.24) is 0 Å². The van der Waals surface area contributed by atoms with Crippen LogP contribution in [0.2, 0.25) is 5.02 Å². The van der Waals surface area contributed by atoms with Gasteiger partial charge in [0.15, 0.2) is 0 Å². The summed E-state index contributed by atoms with van der Waals surface area (Å²) in [5.41, 5.74) is 7.73. The Kier molecular flexibility index (Phi) is 4.02. The zero-order chi connectivity index (χ0) is 12.1. The molecule has 2 rings (SSSR count). The first-order valence-electron chi connectivity index (χ1n) is 5.45. The molecule has 0 saturated carbocycles. The fourth-order valence-corrected chi connectivity index (χ4v) is 1.73. The largest absolute Gasteiger partial charge is 0.489 e. The van der Waals surface area contributed by atoms with Gasteiger partial charge in [-0.05, 0) is 17.7 Å². The minimum Gasteiger partial charge on any atom is -0.489 e. The van der Waals surface area contributed by atoms with Crippen molar-refractivity contribution < 1.29 is 4.74 Å². The van der Waals surface area contributed by atoms with Gasteiger partial charge >= 0.3 is 0 Å². The molecule has 0 heterocycles. The smallest absolute Gasteiger partial charge is 0.125 e. The second-order valence-electron chi connectivity index (χ2n) is 3.73. The quantitative estimate of drug-likeness (QED) is 0.899. The highest BCUT2D eigenvalue weighted by molar-refractivity contribution is 6.30. The number of nitrogens with two attached hydrogens (primary N) is 1. The molecule has 0 bridgehead atoms. The van der Waals surface area contributed by atoms with Crippen molar-refractivity contribution in [1.29, 1.82) is 0 Å². The van der Waals surface area contributed by atoms with Crippen molar-refractivity contribution in [3.05, 3.63) is 64.7 Å². The zero-order valence-electron chi connectivity index (χ0n) is 9.40. The van der Waals surface area contributed by atoms with Gasteiger partial charge < -0.3 is 10.5 Å². The van der Waals surface area contributed by atoms with Crippen molar-refractivity contribution in [3.8, 4) is 5.75 Å². The highest BCUT2D eigenvalue weighted by Crippen LogP contribution is 2.23. The van der Waals surface area contributed by atoms with Crippen LogP contribution in [0.15, 0.2) is 48.5 Å².